The molecular weight excluding hydrogens is 330 g/mol. The fraction of sp³-hybridized carbons (Fsp3) is 0.118. The first kappa shape index (κ1) is 15.7. The van der Waals surface area contributed by atoms with Crippen LogP contribution in [0.4, 0.5) is 0 Å². The number of thiocarbonyl (C=S) groups is 1. The first-order chi connectivity index (χ1) is 11.0. The summed E-state index contributed by atoms with van der Waals surface area (Å²) in [6.45, 7) is 3.86. The average molecular weight is 343 g/mol. The van der Waals surface area contributed by atoms with Crippen LogP contribution >= 0.6 is 24.0 Å². The van der Waals surface area contributed by atoms with E-state index < -0.39 is 0 Å². The Hall–Kier alpha value is -2.18. The van der Waals surface area contributed by atoms with Crippen molar-refractivity contribution >= 4 is 51.3 Å². The van der Waals surface area contributed by atoms with E-state index >= 15 is 0 Å². The second-order valence-electron chi connectivity index (χ2n) is 5.21. The van der Waals surface area contributed by atoms with Gasteiger partial charge in [-0.3, -0.25) is 9.59 Å². The van der Waals surface area contributed by atoms with Crippen LogP contribution < -0.4 is 10.7 Å². The summed E-state index contributed by atoms with van der Waals surface area (Å²) in [5, 5.41) is 3.10. The van der Waals surface area contributed by atoms with Gasteiger partial charge in [-0.25, -0.2) is 0 Å². The number of benzene rings is 1. The van der Waals surface area contributed by atoms with Crippen LogP contribution in [0.5, 0.6) is 0 Å². The lowest BCUT2D eigenvalue weighted by atomic mass is 10.1. The first-order valence-corrected chi connectivity index (χ1v) is 8.12. The van der Waals surface area contributed by atoms with Crippen molar-refractivity contribution in [3.05, 3.63) is 62.4 Å². The topological polar surface area (TPSA) is 59.3 Å². The maximum atomic E-state index is 12.5. The van der Waals surface area contributed by atoms with Crippen LogP contribution in [0.1, 0.15) is 16.7 Å². The highest BCUT2D eigenvalue weighted by molar-refractivity contribution is 8.26. The predicted octanol–water partition coefficient (Wildman–Crippen LogP) is 3.45. The molecule has 2 heterocycles. The minimum absolute atomic E-state index is 0.0910. The number of aryl methyl sites for hydroxylation is 2. The molecule has 2 aromatic rings. The lowest BCUT2D eigenvalue weighted by Crippen LogP contribution is -2.17. The zero-order chi connectivity index (χ0) is 16.6. The molecule has 23 heavy (non-hydrogen) atoms. The third kappa shape index (κ3) is 3.13. The molecule has 1 saturated heterocycles. The molecule has 0 bridgehead atoms. The van der Waals surface area contributed by atoms with E-state index in [1.165, 1.54) is 18.0 Å². The molecule has 0 unspecified atom stereocenters. The molecule has 1 aliphatic rings. The van der Waals surface area contributed by atoms with E-state index in [-0.39, 0.29) is 11.3 Å². The van der Waals surface area contributed by atoms with Crippen molar-refractivity contribution in [1.82, 2.24) is 5.32 Å². The molecular formula is C17H13NO3S2. The summed E-state index contributed by atoms with van der Waals surface area (Å²) in [5.74, 6) is -0.221. The molecule has 0 atom stereocenters. The van der Waals surface area contributed by atoms with Crippen LogP contribution in [0.3, 0.4) is 0 Å². The standard InChI is InChI=1S/C17H13NO3S2/c1-9-6-10(2)15-12(7-9)14(19)11(8-21-15)4-3-5-13-16(20)18-17(22)23-13/h3-8H,1-2H3,(H,18,20,22). The Morgan fingerprint density at radius 2 is 2.04 bits per heavy atom. The van der Waals surface area contributed by atoms with Gasteiger partial charge < -0.3 is 9.73 Å². The van der Waals surface area contributed by atoms with Gasteiger partial charge in [0.1, 0.15) is 16.2 Å². The molecule has 0 spiro atoms. The Kier molecular flexibility index (Phi) is 4.19. The van der Waals surface area contributed by atoms with E-state index in [0.717, 1.165) is 11.1 Å². The van der Waals surface area contributed by atoms with Gasteiger partial charge in [0.15, 0.2) is 5.43 Å². The van der Waals surface area contributed by atoms with E-state index in [2.05, 4.69) is 5.32 Å². The zero-order valence-electron chi connectivity index (χ0n) is 12.5. The van der Waals surface area contributed by atoms with Gasteiger partial charge in [-0.1, -0.05) is 36.1 Å². The second kappa shape index (κ2) is 6.14. The molecule has 1 amide bonds. The highest BCUT2D eigenvalue weighted by atomic mass is 32.2. The van der Waals surface area contributed by atoms with Crippen LogP contribution in [0.2, 0.25) is 0 Å². The summed E-state index contributed by atoms with van der Waals surface area (Å²) in [6, 6.07) is 3.80. The fourth-order valence-electron chi connectivity index (χ4n) is 2.40. The maximum Gasteiger partial charge on any atom is 0.263 e. The SMILES string of the molecule is Cc1cc(C)c2occ(C=CC=C3SC(=S)NC3=O)c(=O)c2c1. The third-order valence-corrected chi connectivity index (χ3v) is 4.58. The Labute approximate surface area is 142 Å². The number of carbonyl (C=O) groups is 1. The average Bonchev–Trinajstić information content (AvgIpc) is 2.80. The van der Waals surface area contributed by atoms with Gasteiger partial charge in [-0.2, -0.15) is 0 Å². The number of nitrogens with one attached hydrogen (secondary N) is 1. The molecule has 1 N–H and O–H groups in total. The normalized spacial score (nSPS) is 16.7. The zero-order valence-corrected chi connectivity index (χ0v) is 14.1. The van der Waals surface area contributed by atoms with Crippen LogP contribution in [0, 0.1) is 13.8 Å². The van der Waals surface area contributed by atoms with Crippen molar-refractivity contribution in [2.24, 2.45) is 0 Å². The Balaban J connectivity index is 1.98. The van der Waals surface area contributed by atoms with Crippen molar-refractivity contribution < 1.29 is 9.21 Å². The summed E-state index contributed by atoms with van der Waals surface area (Å²) in [5.41, 5.74) is 2.89. The number of hydrogen-bond donors (Lipinski definition) is 1. The molecule has 4 nitrogen and oxygen atoms in total. The number of amides is 1. The summed E-state index contributed by atoms with van der Waals surface area (Å²) in [6.07, 6.45) is 6.35. The van der Waals surface area contributed by atoms with E-state index in [0.29, 0.717) is 25.8 Å². The number of hydrogen-bond acceptors (Lipinski definition) is 5. The Morgan fingerprint density at radius 3 is 2.74 bits per heavy atom. The van der Waals surface area contributed by atoms with E-state index in [4.69, 9.17) is 16.6 Å². The molecule has 1 aliphatic heterocycles. The molecule has 3 rings (SSSR count). The molecule has 1 aromatic heterocycles. The summed E-state index contributed by atoms with van der Waals surface area (Å²) in [4.78, 5) is 24.6. The second-order valence-corrected chi connectivity index (χ2v) is 6.93. The molecule has 0 saturated carbocycles. The predicted molar refractivity (Wildman–Crippen MR) is 97.4 cm³/mol. The number of fused-ring (bicyclic) bond motifs is 1. The van der Waals surface area contributed by atoms with Gasteiger partial charge in [-0.05, 0) is 43.2 Å². The minimum atomic E-state index is -0.221. The van der Waals surface area contributed by atoms with Crippen molar-refractivity contribution in [3.63, 3.8) is 0 Å². The van der Waals surface area contributed by atoms with Crippen molar-refractivity contribution in [3.8, 4) is 0 Å². The van der Waals surface area contributed by atoms with E-state index in [1.54, 1.807) is 18.2 Å². The van der Waals surface area contributed by atoms with Crippen LogP contribution in [-0.2, 0) is 4.79 Å². The molecule has 1 fully saturated rings. The summed E-state index contributed by atoms with van der Waals surface area (Å²) >= 11 is 6.11. The molecule has 116 valence electrons. The van der Waals surface area contributed by atoms with Crippen molar-refractivity contribution in [1.29, 1.82) is 0 Å². The van der Waals surface area contributed by atoms with E-state index in [1.807, 2.05) is 26.0 Å². The van der Waals surface area contributed by atoms with Crippen molar-refractivity contribution in [2.75, 3.05) is 0 Å². The van der Waals surface area contributed by atoms with Gasteiger partial charge in [0.2, 0.25) is 0 Å². The molecule has 0 aliphatic carbocycles. The lowest BCUT2D eigenvalue weighted by Gasteiger charge is -2.03. The highest BCUT2D eigenvalue weighted by Crippen LogP contribution is 2.23. The lowest BCUT2D eigenvalue weighted by molar-refractivity contribution is -0.115. The Bertz CT molecular complexity index is 954. The number of carbonyl (C=O) groups excluding carboxylic acids is 1. The van der Waals surface area contributed by atoms with Crippen molar-refractivity contribution in [2.45, 2.75) is 13.8 Å². The quantitative estimate of drug-likeness (QED) is 0.668. The fourth-order valence-corrected chi connectivity index (χ4v) is 3.40. The smallest absolute Gasteiger partial charge is 0.263 e. The van der Waals surface area contributed by atoms with Gasteiger partial charge in [0.25, 0.3) is 5.91 Å². The largest absolute Gasteiger partial charge is 0.463 e. The van der Waals surface area contributed by atoms with Gasteiger partial charge in [-0.15, -0.1) is 0 Å². The van der Waals surface area contributed by atoms with Crippen LogP contribution in [0.25, 0.3) is 17.0 Å². The summed E-state index contributed by atoms with van der Waals surface area (Å²) in [7, 11) is 0. The third-order valence-electron chi connectivity index (χ3n) is 3.39. The first-order valence-electron chi connectivity index (χ1n) is 6.90. The van der Waals surface area contributed by atoms with Crippen LogP contribution in [0.15, 0.2) is 44.7 Å². The van der Waals surface area contributed by atoms with Gasteiger partial charge >= 0.3 is 0 Å². The highest BCUT2D eigenvalue weighted by Gasteiger charge is 2.21. The summed E-state index contributed by atoms with van der Waals surface area (Å²) < 4.78 is 6.03. The van der Waals surface area contributed by atoms with Gasteiger partial charge in [0.05, 0.1) is 15.9 Å². The minimum Gasteiger partial charge on any atom is -0.463 e. The van der Waals surface area contributed by atoms with Crippen LogP contribution in [-0.4, -0.2) is 10.2 Å². The monoisotopic (exact) mass is 343 g/mol. The molecule has 6 heteroatoms. The number of rotatable bonds is 2. The number of allylic oxidation sites excluding steroid dienone is 2. The number of thioether (sulfide) groups is 1. The maximum absolute atomic E-state index is 12.5. The Morgan fingerprint density at radius 1 is 1.26 bits per heavy atom. The molecule has 0 radical (unpaired) electrons. The van der Waals surface area contributed by atoms with E-state index in [9.17, 15) is 9.59 Å². The molecule has 1 aromatic carbocycles. The van der Waals surface area contributed by atoms with Gasteiger partial charge in [0, 0.05) is 0 Å².